The lowest BCUT2D eigenvalue weighted by atomic mass is 10.0. The van der Waals surface area contributed by atoms with Gasteiger partial charge in [0.15, 0.2) is 0 Å². The molecule has 7 nitrogen and oxygen atoms in total. The molecule has 1 aromatic carbocycles. The van der Waals surface area contributed by atoms with Crippen molar-refractivity contribution < 1.29 is 17.9 Å². The van der Waals surface area contributed by atoms with Crippen LogP contribution in [0.2, 0.25) is 0 Å². The number of fused-ring (bicyclic) bond motifs is 1. The van der Waals surface area contributed by atoms with Crippen molar-refractivity contribution in [3.63, 3.8) is 0 Å². The van der Waals surface area contributed by atoms with Gasteiger partial charge >= 0.3 is 6.03 Å². The SMILES string of the molecule is CCCCNC(=O)N1CCc2ccc(S(=O)(=O)N3CCCC3COC)cc2C1. The van der Waals surface area contributed by atoms with Gasteiger partial charge in [-0.2, -0.15) is 4.31 Å². The fourth-order valence-electron chi connectivity index (χ4n) is 3.97. The highest BCUT2D eigenvalue weighted by atomic mass is 32.2. The first-order valence-electron chi connectivity index (χ1n) is 10.1. The van der Waals surface area contributed by atoms with Gasteiger partial charge in [0.2, 0.25) is 10.0 Å². The highest BCUT2D eigenvalue weighted by Gasteiger charge is 2.35. The molecule has 0 saturated carbocycles. The Balaban J connectivity index is 1.76. The summed E-state index contributed by atoms with van der Waals surface area (Å²) in [5.41, 5.74) is 2.03. The Bertz CT molecular complexity index is 797. The Morgan fingerprint density at radius 1 is 1.29 bits per heavy atom. The molecule has 0 radical (unpaired) electrons. The van der Waals surface area contributed by atoms with E-state index in [1.807, 2.05) is 6.07 Å². The van der Waals surface area contributed by atoms with Crippen LogP contribution in [-0.2, 0) is 27.7 Å². The highest BCUT2D eigenvalue weighted by Crippen LogP contribution is 2.29. The predicted molar refractivity (Wildman–Crippen MR) is 108 cm³/mol. The molecule has 1 atom stereocenters. The van der Waals surface area contributed by atoms with Gasteiger partial charge in [0.05, 0.1) is 11.5 Å². The van der Waals surface area contributed by atoms with Crippen LogP contribution < -0.4 is 5.32 Å². The van der Waals surface area contributed by atoms with Crippen molar-refractivity contribution >= 4 is 16.1 Å². The Morgan fingerprint density at radius 2 is 2.11 bits per heavy atom. The number of methoxy groups -OCH3 is 1. The molecule has 0 spiro atoms. The second kappa shape index (κ2) is 9.24. The summed E-state index contributed by atoms with van der Waals surface area (Å²) < 4.78 is 33.1. The third kappa shape index (κ3) is 4.50. The van der Waals surface area contributed by atoms with Gasteiger partial charge in [0, 0.05) is 39.3 Å². The summed E-state index contributed by atoms with van der Waals surface area (Å²) in [5, 5.41) is 2.94. The molecule has 2 aliphatic rings. The number of unbranched alkanes of at least 4 members (excludes halogenated alkanes) is 1. The van der Waals surface area contributed by atoms with E-state index in [2.05, 4.69) is 12.2 Å². The average molecular weight is 410 g/mol. The summed E-state index contributed by atoms with van der Waals surface area (Å²) in [6.45, 7) is 4.79. The number of nitrogens with one attached hydrogen (secondary N) is 1. The molecule has 3 rings (SSSR count). The zero-order valence-corrected chi connectivity index (χ0v) is 17.6. The van der Waals surface area contributed by atoms with Crippen molar-refractivity contribution in [3.05, 3.63) is 29.3 Å². The molecule has 0 aliphatic carbocycles. The maximum atomic E-state index is 13.2. The van der Waals surface area contributed by atoms with E-state index in [0.717, 1.165) is 43.2 Å². The van der Waals surface area contributed by atoms with E-state index in [9.17, 15) is 13.2 Å². The minimum atomic E-state index is -3.56. The van der Waals surface area contributed by atoms with E-state index in [4.69, 9.17) is 4.74 Å². The van der Waals surface area contributed by atoms with Crippen LogP contribution >= 0.6 is 0 Å². The van der Waals surface area contributed by atoms with Crippen LogP contribution in [0.4, 0.5) is 4.79 Å². The van der Waals surface area contributed by atoms with E-state index in [1.165, 1.54) is 0 Å². The fourth-order valence-corrected chi connectivity index (χ4v) is 5.70. The van der Waals surface area contributed by atoms with Crippen LogP contribution in [0.3, 0.4) is 0 Å². The van der Waals surface area contributed by atoms with Gasteiger partial charge in [-0.3, -0.25) is 0 Å². The molecule has 0 bridgehead atoms. The van der Waals surface area contributed by atoms with E-state index < -0.39 is 10.0 Å². The van der Waals surface area contributed by atoms with Gasteiger partial charge in [0.1, 0.15) is 0 Å². The number of nitrogens with zero attached hydrogens (tertiary/aromatic N) is 2. The first-order chi connectivity index (χ1) is 13.5. The standard InChI is InChI=1S/C20H31N3O4S/c1-3-4-10-21-20(24)22-12-9-16-7-8-19(13-17(16)14-22)28(25,26)23-11-5-6-18(23)15-27-2/h7-8,13,18H,3-6,9-12,14-15H2,1-2H3,(H,21,24). The quantitative estimate of drug-likeness (QED) is 0.701. The van der Waals surface area contributed by atoms with E-state index in [1.54, 1.807) is 28.4 Å². The molecule has 2 aliphatic heterocycles. The van der Waals surface area contributed by atoms with Gasteiger partial charge in [-0.1, -0.05) is 19.4 Å². The number of amides is 2. The number of sulfonamides is 1. The second-order valence-electron chi connectivity index (χ2n) is 7.55. The molecule has 8 heteroatoms. The molecule has 2 heterocycles. The summed E-state index contributed by atoms with van der Waals surface area (Å²) in [4.78, 5) is 14.4. The molecule has 1 saturated heterocycles. The van der Waals surface area contributed by atoms with Crippen molar-refractivity contribution in [3.8, 4) is 0 Å². The average Bonchev–Trinajstić information content (AvgIpc) is 3.16. The van der Waals surface area contributed by atoms with E-state index >= 15 is 0 Å². The smallest absolute Gasteiger partial charge is 0.317 e. The molecule has 1 unspecified atom stereocenters. The largest absolute Gasteiger partial charge is 0.383 e. The summed E-state index contributed by atoms with van der Waals surface area (Å²) in [5.74, 6) is 0. The van der Waals surface area contributed by atoms with Gasteiger partial charge < -0.3 is 15.0 Å². The molecule has 1 aromatic rings. The number of benzene rings is 1. The van der Waals surface area contributed by atoms with Crippen LogP contribution in [0, 0.1) is 0 Å². The topological polar surface area (TPSA) is 79.0 Å². The van der Waals surface area contributed by atoms with Crippen LogP contribution in [0.5, 0.6) is 0 Å². The minimum absolute atomic E-state index is 0.0768. The predicted octanol–water partition coefficient (Wildman–Crippen LogP) is 2.35. The van der Waals surface area contributed by atoms with Crippen molar-refractivity contribution in [2.75, 3.05) is 33.4 Å². The zero-order valence-electron chi connectivity index (χ0n) is 16.8. The zero-order chi connectivity index (χ0) is 20.1. The highest BCUT2D eigenvalue weighted by molar-refractivity contribution is 7.89. The lowest BCUT2D eigenvalue weighted by Crippen LogP contribution is -2.43. The maximum absolute atomic E-state index is 13.2. The summed E-state index contributed by atoms with van der Waals surface area (Å²) in [6, 6.07) is 5.17. The van der Waals surface area contributed by atoms with Gasteiger partial charge in [-0.15, -0.1) is 0 Å². The summed E-state index contributed by atoms with van der Waals surface area (Å²) >= 11 is 0. The summed E-state index contributed by atoms with van der Waals surface area (Å²) in [7, 11) is -1.97. The summed E-state index contributed by atoms with van der Waals surface area (Å²) in [6.07, 6.45) is 4.41. The number of urea groups is 1. The van der Waals surface area contributed by atoms with Crippen molar-refractivity contribution in [2.24, 2.45) is 0 Å². The van der Waals surface area contributed by atoms with Crippen molar-refractivity contribution in [1.29, 1.82) is 0 Å². The molecule has 0 aromatic heterocycles. The Morgan fingerprint density at radius 3 is 2.86 bits per heavy atom. The van der Waals surface area contributed by atoms with E-state index in [0.29, 0.717) is 37.7 Å². The number of carbonyl (C=O) groups excluding carboxylic acids is 1. The van der Waals surface area contributed by atoms with Crippen LogP contribution in [0.1, 0.15) is 43.7 Å². The van der Waals surface area contributed by atoms with Crippen molar-refractivity contribution in [1.82, 2.24) is 14.5 Å². The maximum Gasteiger partial charge on any atom is 0.317 e. The number of ether oxygens (including phenoxy) is 1. The van der Waals surface area contributed by atoms with Crippen LogP contribution in [0.25, 0.3) is 0 Å². The molecule has 1 N–H and O–H groups in total. The second-order valence-corrected chi connectivity index (χ2v) is 9.45. The molecular weight excluding hydrogens is 378 g/mol. The third-order valence-electron chi connectivity index (χ3n) is 5.57. The Kier molecular flexibility index (Phi) is 6.95. The number of hydrogen-bond acceptors (Lipinski definition) is 4. The molecular formula is C20H31N3O4S. The first-order valence-corrected chi connectivity index (χ1v) is 11.6. The number of rotatable bonds is 7. The van der Waals surface area contributed by atoms with Gasteiger partial charge in [0.25, 0.3) is 0 Å². The monoisotopic (exact) mass is 409 g/mol. The molecule has 1 fully saturated rings. The lowest BCUT2D eigenvalue weighted by Gasteiger charge is -2.30. The number of carbonyl (C=O) groups is 1. The van der Waals surface area contributed by atoms with E-state index in [-0.39, 0.29) is 12.1 Å². The normalized spacial score (nSPS) is 20.2. The fraction of sp³-hybridized carbons (Fsp3) is 0.650. The van der Waals surface area contributed by atoms with Gasteiger partial charge in [-0.25, -0.2) is 13.2 Å². The number of hydrogen-bond donors (Lipinski definition) is 1. The third-order valence-corrected chi connectivity index (χ3v) is 7.52. The first kappa shape index (κ1) is 21.1. The Labute approximate surface area is 168 Å². The van der Waals surface area contributed by atoms with Crippen LogP contribution in [0.15, 0.2) is 23.1 Å². The lowest BCUT2D eigenvalue weighted by molar-refractivity contribution is 0.149. The van der Waals surface area contributed by atoms with Crippen LogP contribution in [-0.4, -0.2) is 63.0 Å². The molecule has 2 amide bonds. The Hall–Kier alpha value is -1.64. The van der Waals surface area contributed by atoms with Crippen molar-refractivity contribution in [2.45, 2.75) is 56.5 Å². The minimum Gasteiger partial charge on any atom is -0.383 e. The molecule has 156 valence electrons. The van der Waals surface area contributed by atoms with Gasteiger partial charge in [-0.05, 0) is 48.9 Å². The molecule has 28 heavy (non-hydrogen) atoms.